The minimum Gasteiger partial charge on any atom is -0.324 e. The van der Waals surface area contributed by atoms with Gasteiger partial charge in [0.2, 0.25) is 0 Å². The van der Waals surface area contributed by atoms with E-state index < -0.39 is 7.60 Å². The number of rotatable bonds is 5. The minimum absolute atomic E-state index is 0.0263. The largest absolute Gasteiger partial charge is 0.325 e. The Kier molecular flexibility index (Phi) is 5.07. The summed E-state index contributed by atoms with van der Waals surface area (Å²) in [6.07, 6.45) is 1.72. The zero-order chi connectivity index (χ0) is 9.78. The number of hydrogen-bond donors (Lipinski definition) is 2. The highest BCUT2D eigenvalue weighted by Crippen LogP contribution is 2.37. The first kappa shape index (κ1) is 12.2. The summed E-state index contributed by atoms with van der Waals surface area (Å²) in [4.78, 5) is 17.3. The molecule has 2 atom stereocenters. The Morgan fingerprint density at radius 1 is 1.25 bits per heavy atom. The predicted molar refractivity (Wildman–Crippen MR) is 50.1 cm³/mol. The van der Waals surface area contributed by atoms with Gasteiger partial charge in [0.25, 0.3) is 0 Å². The Hall–Kier alpha value is 0.150. The molecule has 0 saturated carbocycles. The van der Waals surface area contributed by atoms with Gasteiger partial charge in [0.05, 0.1) is 6.16 Å². The standard InChI is InChI=1S/C8H19O3P/c1-4-7(2)8(3)5-6-12(9,10)11/h7-8H,4-6H2,1-3H3,(H2,9,10,11). The highest BCUT2D eigenvalue weighted by molar-refractivity contribution is 7.51. The molecule has 2 N–H and O–H groups in total. The minimum atomic E-state index is -3.77. The summed E-state index contributed by atoms with van der Waals surface area (Å²) in [5.41, 5.74) is 0. The first-order chi connectivity index (χ1) is 5.37. The Morgan fingerprint density at radius 3 is 2.08 bits per heavy atom. The highest BCUT2D eigenvalue weighted by Gasteiger charge is 2.17. The van der Waals surface area contributed by atoms with Crippen LogP contribution in [0.3, 0.4) is 0 Å². The van der Waals surface area contributed by atoms with Crippen LogP contribution in [0.15, 0.2) is 0 Å². The highest BCUT2D eigenvalue weighted by atomic mass is 31.2. The summed E-state index contributed by atoms with van der Waals surface area (Å²) in [5.74, 6) is 0.958. The van der Waals surface area contributed by atoms with Gasteiger partial charge in [0, 0.05) is 0 Å². The molecule has 0 aliphatic heterocycles. The Morgan fingerprint density at radius 2 is 1.75 bits per heavy atom. The van der Waals surface area contributed by atoms with Gasteiger partial charge in [-0.1, -0.05) is 27.2 Å². The van der Waals surface area contributed by atoms with E-state index in [1.54, 1.807) is 0 Å². The molecule has 0 radical (unpaired) electrons. The van der Waals surface area contributed by atoms with Crippen molar-refractivity contribution in [2.24, 2.45) is 11.8 Å². The second-order valence-corrected chi connectivity index (χ2v) is 5.32. The summed E-state index contributed by atoms with van der Waals surface area (Å²) in [6.45, 7) is 6.26. The van der Waals surface area contributed by atoms with E-state index in [0.717, 1.165) is 6.42 Å². The molecule has 0 bridgehead atoms. The zero-order valence-corrected chi connectivity index (χ0v) is 8.92. The van der Waals surface area contributed by atoms with E-state index in [-0.39, 0.29) is 6.16 Å². The van der Waals surface area contributed by atoms with Gasteiger partial charge in [-0.15, -0.1) is 0 Å². The van der Waals surface area contributed by atoms with Gasteiger partial charge < -0.3 is 9.79 Å². The van der Waals surface area contributed by atoms with E-state index >= 15 is 0 Å². The quantitative estimate of drug-likeness (QED) is 0.660. The lowest BCUT2D eigenvalue weighted by Gasteiger charge is -2.17. The van der Waals surface area contributed by atoms with Crippen LogP contribution in [0.1, 0.15) is 33.6 Å². The van der Waals surface area contributed by atoms with Crippen LogP contribution in [-0.4, -0.2) is 15.9 Å². The van der Waals surface area contributed by atoms with Crippen LogP contribution in [-0.2, 0) is 4.57 Å². The molecule has 12 heavy (non-hydrogen) atoms. The van der Waals surface area contributed by atoms with Gasteiger partial charge in [0.1, 0.15) is 0 Å². The Balaban J connectivity index is 3.71. The molecule has 2 unspecified atom stereocenters. The molecule has 0 spiro atoms. The first-order valence-electron chi connectivity index (χ1n) is 4.41. The monoisotopic (exact) mass is 194 g/mol. The van der Waals surface area contributed by atoms with E-state index in [4.69, 9.17) is 9.79 Å². The topological polar surface area (TPSA) is 57.5 Å². The molecule has 0 aromatic rings. The van der Waals surface area contributed by atoms with E-state index in [2.05, 4.69) is 13.8 Å². The van der Waals surface area contributed by atoms with Crippen molar-refractivity contribution in [3.05, 3.63) is 0 Å². The molecule has 3 nitrogen and oxygen atoms in total. The molecule has 0 heterocycles. The third-order valence-corrected chi connectivity index (χ3v) is 3.33. The van der Waals surface area contributed by atoms with Crippen molar-refractivity contribution in [1.29, 1.82) is 0 Å². The lowest BCUT2D eigenvalue weighted by atomic mass is 9.92. The maximum Gasteiger partial charge on any atom is 0.325 e. The second-order valence-electron chi connectivity index (χ2n) is 3.54. The molecule has 0 aliphatic rings. The van der Waals surface area contributed by atoms with E-state index in [1.807, 2.05) is 6.92 Å². The smallest absolute Gasteiger partial charge is 0.324 e. The van der Waals surface area contributed by atoms with Gasteiger partial charge in [-0.2, -0.15) is 0 Å². The molecule has 0 aromatic heterocycles. The molecule has 0 aromatic carbocycles. The van der Waals surface area contributed by atoms with Crippen LogP contribution < -0.4 is 0 Å². The number of hydrogen-bond acceptors (Lipinski definition) is 1. The average molecular weight is 194 g/mol. The normalized spacial score (nSPS) is 17.4. The summed E-state index contributed by atoms with van der Waals surface area (Å²) < 4.78 is 10.5. The molecular formula is C8H19O3P. The van der Waals surface area contributed by atoms with E-state index in [0.29, 0.717) is 18.3 Å². The van der Waals surface area contributed by atoms with E-state index in [1.165, 1.54) is 0 Å². The van der Waals surface area contributed by atoms with Crippen LogP contribution in [0.25, 0.3) is 0 Å². The molecule has 0 fully saturated rings. The van der Waals surface area contributed by atoms with Crippen molar-refractivity contribution in [2.75, 3.05) is 6.16 Å². The molecular weight excluding hydrogens is 175 g/mol. The molecule has 0 saturated heterocycles. The van der Waals surface area contributed by atoms with Gasteiger partial charge in [0.15, 0.2) is 0 Å². The van der Waals surface area contributed by atoms with Crippen LogP contribution >= 0.6 is 7.60 Å². The van der Waals surface area contributed by atoms with Crippen LogP contribution in [0.4, 0.5) is 0 Å². The van der Waals surface area contributed by atoms with Crippen molar-refractivity contribution in [3.63, 3.8) is 0 Å². The average Bonchev–Trinajstić information content (AvgIpc) is 1.97. The van der Waals surface area contributed by atoms with Crippen molar-refractivity contribution in [1.82, 2.24) is 0 Å². The molecule has 0 amide bonds. The summed E-state index contributed by atoms with van der Waals surface area (Å²) in [7, 11) is -3.77. The summed E-state index contributed by atoms with van der Waals surface area (Å²) in [5, 5.41) is 0. The SMILES string of the molecule is CCC(C)C(C)CCP(=O)(O)O. The zero-order valence-electron chi connectivity index (χ0n) is 8.03. The fourth-order valence-electron chi connectivity index (χ4n) is 1.06. The fraction of sp³-hybridized carbons (Fsp3) is 1.00. The van der Waals surface area contributed by atoms with Crippen molar-refractivity contribution < 1.29 is 14.4 Å². The first-order valence-corrected chi connectivity index (χ1v) is 6.21. The molecule has 0 rings (SSSR count). The molecule has 4 heteroatoms. The van der Waals surface area contributed by atoms with Gasteiger partial charge in [-0.3, -0.25) is 4.57 Å². The van der Waals surface area contributed by atoms with Gasteiger partial charge >= 0.3 is 7.60 Å². The maximum atomic E-state index is 10.5. The lowest BCUT2D eigenvalue weighted by Crippen LogP contribution is -2.08. The van der Waals surface area contributed by atoms with Gasteiger partial charge in [-0.25, -0.2) is 0 Å². The summed E-state index contributed by atoms with van der Waals surface area (Å²) >= 11 is 0. The van der Waals surface area contributed by atoms with E-state index in [9.17, 15) is 4.57 Å². The van der Waals surface area contributed by atoms with Crippen LogP contribution in [0, 0.1) is 11.8 Å². The Labute approximate surface area is 74.3 Å². The van der Waals surface area contributed by atoms with Crippen molar-refractivity contribution >= 4 is 7.60 Å². The van der Waals surface area contributed by atoms with Crippen LogP contribution in [0.5, 0.6) is 0 Å². The van der Waals surface area contributed by atoms with Crippen LogP contribution in [0.2, 0.25) is 0 Å². The van der Waals surface area contributed by atoms with Gasteiger partial charge in [-0.05, 0) is 18.3 Å². The second kappa shape index (κ2) is 5.00. The fourth-order valence-corrected chi connectivity index (χ4v) is 1.80. The lowest BCUT2D eigenvalue weighted by molar-refractivity contribution is 0.339. The predicted octanol–water partition coefficient (Wildman–Crippen LogP) is 2.24. The van der Waals surface area contributed by atoms with Crippen molar-refractivity contribution in [3.8, 4) is 0 Å². The Bertz CT molecular complexity index is 164. The maximum absolute atomic E-state index is 10.5. The molecule has 0 aliphatic carbocycles. The third kappa shape index (κ3) is 5.76. The molecule has 74 valence electrons. The van der Waals surface area contributed by atoms with Crippen molar-refractivity contribution in [2.45, 2.75) is 33.6 Å². The summed E-state index contributed by atoms with van der Waals surface area (Å²) in [6, 6.07) is 0. The third-order valence-electron chi connectivity index (χ3n) is 2.49.